The van der Waals surface area contributed by atoms with Crippen molar-refractivity contribution in [2.24, 2.45) is 0 Å². The zero-order chi connectivity index (χ0) is 23.5. The summed E-state index contributed by atoms with van der Waals surface area (Å²) in [4.78, 5) is 17.0. The first kappa shape index (κ1) is 23.7. The fourth-order valence-corrected chi connectivity index (χ4v) is 4.70. The number of aliphatic hydroxyl groups excluding tert-OH is 1. The van der Waals surface area contributed by atoms with Crippen molar-refractivity contribution in [2.75, 3.05) is 31.6 Å². The van der Waals surface area contributed by atoms with Gasteiger partial charge in [0.2, 0.25) is 0 Å². The van der Waals surface area contributed by atoms with E-state index in [0.717, 1.165) is 11.3 Å². The van der Waals surface area contributed by atoms with Crippen molar-refractivity contribution in [3.8, 4) is 5.75 Å². The SMILES string of the molecule is COc1ccc(C(O)C(=O)N2CCN(c3ccc(Cl)cc3Cl)C(c3ccc(Cl)cc3)C2)cc1. The summed E-state index contributed by atoms with van der Waals surface area (Å²) in [5.74, 6) is 0.315. The van der Waals surface area contributed by atoms with Crippen molar-refractivity contribution in [1.82, 2.24) is 4.90 Å². The second kappa shape index (κ2) is 10.2. The molecule has 1 N–H and O–H groups in total. The standard InChI is InChI=1S/C25H23Cl3N2O3/c1-33-20-9-4-17(5-10-20)24(31)25(32)29-12-13-30(22-11-8-19(27)14-21(22)28)23(15-29)16-2-6-18(26)7-3-16/h2-11,14,23-24,31H,12-13,15H2,1H3. The number of hydrogen-bond donors (Lipinski definition) is 1. The van der Waals surface area contributed by atoms with Crippen molar-refractivity contribution in [2.45, 2.75) is 12.1 Å². The number of rotatable bonds is 5. The Labute approximate surface area is 208 Å². The van der Waals surface area contributed by atoms with Gasteiger partial charge in [0.1, 0.15) is 5.75 Å². The Morgan fingerprint density at radius 2 is 1.64 bits per heavy atom. The minimum atomic E-state index is -1.26. The van der Waals surface area contributed by atoms with Gasteiger partial charge in [0, 0.05) is 29.7 Å². The molecular formula is C25H23Cl3N2O3. The Bertz CT molecular complexity index is 1120. The average Bonchev–Trinajstić information content (AvgIpc) is 2.83. The molecule has 3 aromatic rings. The maximum Gasteiger partial charge on any atom is 0.256 e. The number of carbonyl (C=O) groups excluding carboxylic acids is 1. The normalized spacial score (nSPS) is 17.1. The third-order valence-electron chi connectivity index (χ3n) is 5.83. The van der Waals surface area contributed by atoms with Gasteiger partial charge in [-0.05, 0) is 53.6 Å². The minimum Gasteiger partial charge on any atom is -0.497 e. The summed E-state index contributed by atoms with van der Waals surface area (Å²) in [6.07, 6.45) is -1.26. The Balaban J connectivity index is 1.61. The number of piperazine rings is 1. The molecule has 1 aliphatic rings. The maximum absolute atomic E-state index is 13.2. The quantitative estimate of drug-likeness (QED) is 0.478. The predicted octanol–water partition coefficient (Wildman–Crippen LogP) is 5.78. The highest BCUT2D eigenvalue weighted by molar-refractivity contribution is 6.36. The molecule has 0 radical (unpaired) electrons. The predicted molar refractivity (Wildman–Crippen MR) is 133 cm³/mol. The molecule has 0 saturated carbocycles. The summed E-state index contributed by atoms with van der Waals surface area (Å²) in [5, 5.41) is 12.5. The largest absolute Gasteiger partial charge is 0.497 e. The fourth-order valence-electron chi connectivity index (χ4n) is 4.06. The number of benzene rings is 3. The molecule has 0 aliphatic carbocycles. The number of hydrogen-bond acceptors (Lipinski definition) is 4. The van der Waals surface area contributed by atoms with Gasteiger partial charge in [-0.2, -0.15) is 0 Å². The van der Waals surface area contributed by atoms with Crippen LogP contribution in [0.25, 0.3) is 0 Å². The second-order valence-electron chi connectivity index (χ2n) is 7.82. The van der Waals surface area contributed by atoms with E-state index in [0.29, 0.717) is 46.0 Å². The molecule has 2 atom stereocenters. The van der Waals surface area contributed by atoms with E-state index in [-0.39, 0.29) is 11.9 Å². The third-order valence-corrected chi connectivity index (χ3v) is 6.62. The van der Waals surface area contributed by atoms with Crippen LogP contribution in [0.5, 0.6) is 5.75 Å². The molecular weight excluding hydrogens is 483 g/mol. The van der Waals surface area contributed by atoms with E-state index in [1.165, 1.54) is 0 Å². The van der Waals surface area contributed by atoms with Gasteiger partial charge < -0.3 is 19.6 Å². The molecule has 0 spiro atoms. The Morgan fingerprint density at radius 3 is 2.27 bits per heavy atom. The molecule has 1 fully saturated rings. The smallest absolute Gasteiger partial charge is 0.256 e. The zero-order valence-electron chi connectivity index (χ0n) is 17.9. The average molecular weight is 506 g/mol. The van der Waals surface area contributed by atoms with Crippen LogP contribution in [0.1, 0.15) is 23.3 Å². The molecule has 8 heteroatoms. The van der Waals surface area contributed by atoms with Crippen molar-refractivity contribution < 1.29 is 14.6 Å². The summed E-state index contributed by atoms with van der Waals surface area (Å²) in [5.41, 5.74) is 2.35. The Morgan fingerprint density at radius 1 is 0.970 bits per heavy atom. The lowest BCUT2D eigenvalue weighted by Crippen LogP contribution is -2.51. The van der Waals surface area contributed by atoms with Crippen LogP contribution in [0.15, 0.2) is 66.7 Å². The molecule has 33 heavy (non-hydrogen) atoms. The number of anilines is 1. The Hall–Kier alpha value is -2.44. The van der Waals surface area contributed by atoms with Crippen molar-refractivity contribution in [3.05, 3.63) is 92.9 Å². The maximum atomic E-state index is 13.2. The number of methoxy groups -OCH3 is 1. The molecule has 2 unspecified atom stereocenters. The molecule has 3 aromatic carbocycles. The minimum absolute atomic E-state index is 0.179. The van der Waals surface area contributed by atoms with Gasteiger partial charge in [-0.1, -0.05) is 59.1 Å². The molecule has 0 bridgehead atoms. The van der Waals surface area contributed by atoms with Gasteiger partial charge in [0.25, 0.3) is 5.91 Å². The summed E-state index contributed by atoms with van der Waals surface area (Å²) in [7, 11) is 1.57. The number of halogens is 3. The van der Waals surface area contributed by atoms with E-state index >= 15 is 0 Å². The van der Waals surface area contributed by atoms with Gasteiger partial charge >= 0.3 is 0 Å². The van der Waals surface area contributed by atoms with Gasteiger partial charge in [-0.15, -0.1) is 0 Å². The van der Waals surface area contributed by atoms with Crippen LogP contribution in [0, 0.1) is 0 Å². The molecule has 5 nitrogen and oxygen atoms in total. The van der Waals surface area contributed by atoms with Gasteiger partial charge in [-0.25, -0.2) is 0 Å². The number of aliphatic hydroxyl groups is 1. The van der Waals surface area contributed by atoms with Crippen LogP contribution < -0.4 is 9.64 Å². The van der Waals surface area contributed by atoms with E-state index in [4.69, 9.17) is 39.5 Å². The van der Waals surface area contributed by atoms with Crippen LogP contribution in [-0.4, -0.2) is 42.7 Å². The summed E-state index contributed by atoms with van der Waals surface area (Å²) in [6.45, 7) is 1.36. The highest BCUT2D eigenvalue weighted by atomic mass is 35.5. The summed E-state index contributed by atoms with van der Waals surface area (Å²) < 4.78 is 5.16. The first-order chi connectivity index (χ1) is 15.9. The number of ether oxygens (including phenoxy) is 1. The summed E-state index contributed by atoms with van der Waals surface area (Å²) in [6, 6.07) is 19.6. The van der Waals surface area contributed by atoms with Gasteiger partial charge in [0.05, 0.1) is 23.9 Å². The second-order valence-corrected chi connectivity index (χ2v) is 9.10. The number of amides is 1. The van der Waals surface area contributed by atoms with Crippen molar-refractivity contribution in [3.63, 3.8) is 0 Å². The topological polar surface area (TPSA) is 53.0 Å². The third kappa shape index (κ3) is 5.22. The van der Waals surface area contributed by atoms with Crippen LogP contribution in [0.3, 0.4) is 0 Å². The van der Waals surface area contributed by atoms with Crippen LogP contribution in [0.4, 0.5) is 5.69 Å². The van der Waals surface area contributed by atoms with E-state index in [2.05, 4.69) is 4.90 Å². The van der Waals surface area contributed by atoms with Crippen LogP contribution >= 0.6 is 34.8 Å². The zero-order valence-corrected chi connectivity index (χ0v) is 20.2. The lowest BCUT2D eigenvalue weighted by Gasteiger charge is -2.44. The van der Waals surface area contributed by atoms with E-state index in [1.54, 1.807) is 48.4 Å². The lowest BCUT2D eigenvalue weighted by molar-refractivity contribution is -0.141. The lowest BCUT2D eigenvalue weighted by atomic mass is 10.00. The Kier molecular flexibility index (Phi) is 7.35. The highest BCUT2D eigenvalue weighted by Gasteiger charge is 2.34. The first-order valence-corrected chi connectivity index (χ1v) is 11.6. The summed E-state index contributed by atoms with van der Waals surface area (Å²) >= 11 is 18.7. The van der Waals surface area contributed by atoms with E-state index < -0.39 is 6.10 Å². The monoisotopic (exact) mass is 504 g/mol. The molecule has 1 saturated heterocycles. The van der Waals surface area contributed by atoms with Gasteiger partial charge in [0.15, 0.2) is 6.10 Å². The van der Waals surface area contributed by atoms with Crippen molar-refractivity contribution >= 4 is 46.4 Å². The van der Waals surface area contributed by atoms with Gasteiger partial charge in [-0.3, -0.25) is 4.79 Å². The van der Waals surface area contributed by atoms with Crippen LogP contribution in [0.2, 0.25) is 15.1 Å². The molecule has 1 heterocycles. The molecule has 0 aromatic heterocycles. The highest BCUT2D eigenvalue weighted by Crippen LogP contribution is 2.37. The van der Waals surface area contributed by atoms with Crippen LogP contribution in [-0.2, 0) is 4.79 Å². The molecule has 1 amide bonds. The fraction of sp³-hybridized carbons (Fsp3) is 0.240. The first-order valence-electron chi connectivity index (χ1n) is 10.5. The number of carbonyl (C=O) groups is 1. The molecule has 1 aliphatic heterocycles. The number of nitrogens with zero attached hydrogens (tertiary/aromatic N) is 2. The van der Waals surface area contributed by atoms with Crippen molar-refractivity contribution in [1.29, 1.82) is 0 Å². The molecule has 172 valence electrons. The van der Waals surface area contributed by atoms with E-state index in [1.807, 2.05) is 30.3 Å². The molecule has 4 rings (SSSR count). The van der Waals surface area contributed by atoms with E-state index in [9.17, 15) is 9.90 Å².